The SMILES string of the molecule is C=Cc1nn(C)c2cc(B3OC(C)(C)C(C)(C)O3)ccc12. The van der Waals surface area contributed by atoms with Crippen molar-refractivity contribution in [3.8, 4) is 0 Å². The lowest BCUT2D eigenvalue weighted by molar-refractivity contribution is 0.00578. The van der Waals surface area contributed by atoms with Gasteiger partial charge in [-0.3, -0.25) is 4.68 Å². The molecule has 1 aromatic heterocycles. The summed E-state index contributed by atoms with van der Waals surface area (Å²) in [7, 11) is 1.59. The van der Waals surface area contributed by atoms with E-state index in [1.807, 2.05) is 17.8 Å². The van der Waals surface area contributed by atoms with Gasteiger partial charge in [-0.2, -0.15) is 5.10 Å². The second kappa shape index (κ2) is 4.45. The highest BCUT2D eigenvalue weighted by molar-refractivity contribution is 6.62. The molecular weight excluding hydrogens is 263 g/mol. The molecule has 0 bridgehead atoms. The fourth-order valence-corrected chi connectivity index (χ4v) is 2.58. The van der Waals surface area contributed by atoms with Crippen LogP contribution in [0.2, 0.25) is 0 Å². The first-order chi connectivity index (χ1) is 9.75. The predicted octanol–water partition coefficient (Wildman–Crippen LogP) is 2.52. The zero-order valence-electron chi connectivity index (χ0n) is 13.3. The van der Waals surface area contributed by atoms with Crippen LogP contribution in [0.1, 0.15) is 33.4 Å². The van der Waals surface area contributed by atoms with Crippen LogP contribution in [0.3, 0.4) is 0 Å². The van der Waals surface area contributed by atoms with E-state index < -0.39 is 0 Å². The van der Waals surface area contributed by atoms with E-state index in [4.69, 9.17) is 9.31 Å². The molecule has 0 aliphatic carbocycles. The van der Waals surface area contributed by atoms with Crippen molar-refractivity contribution >= 4 is 29.6 Å². The third-order valence-electron chi connectivity index (χ3n) is 4.62. The summed E-state index contributed by atoms with van der Waals surface area (Å²) in [4.78, 5) is 0. The number of aromatic nitrogens is 2. The van der Waals surface area contributed by atoms with E-state index in [2.05, 4.69) is 51.5 Å². The smallest absolute Gasteiger partial charge is 0.399 e. The number of benzene rings is 1. The molecule has 2 aromatic rings. The minimum Gasteiger partial charge on any atom is -0.399 e. The first kappa shape index (κ1) is 14.4. The second-order valence-corrected chi connectivity index (χ2v) is 6.58. The van der Waals surface area contributed by atoms with Gasteiger partial charge in [0.2, 0.25) is 0 Å². The van der Waals surface area contributed by atoms with E-state index in [1.165, 1.54) is 0 Å². The van der Waals surface area contributed by atoms with Gasteiger partial charge in [0.1, 0.15) is 0 Å². The van der Waals surface area contributed by atoms with Gasteiger partial charge >= 0.3 is 7.12 Å². The monoisotopic (exact) mass is 284 g/mol. The van der Waals surface area contributed by atoms with Crippen molar-refractivity contribution in [3.63, 3.8) is 0 Å². The van der Waals surface area contributed by atoms with Gasteiger partial charge in [-0.25, -0.2) is 0 Å². The number of hydrogen-bond acceptors (Lipinski definition) is 3. The summed E-state index contributed by atoms with van der Waals surface area (Å²) in [5, 5.41) is 5.54. The summed E-state index contributed by atoms with van der Waals surface area (Å²) < 4.78 is 14.1. The fraction of sp³-hybridized carbons (Fsp3) is 0.438. The van der Waals surface area contributed by atoms with Crippen molar-refractivity contribution in [1.82, 2.24) is 9.78 Å². The fourth-order valence-electron chi connectivity index (χ4n) is 2.58. The quantitative estimate of drug-likeness (QED) is 0.795. The normalized spacial score (nSPS) is 20.1. The Hall–Kier alpha value is -1.59. The maximum absolute atomic E-state index is 6.10. The summed E-state index contributed by atoms with van der Waals surface area (Å²) in [6, 6.07) is 6.18. The molecule has 0 amide bonds. The third-order valence-corrected chi connectivity index (χ3v) is 4.62. The van der Waals surface area contributed by atoms with Gasteiger partial charge in [0.15, 0.2) is 0 Å². The van der Waals surface area contributed by atoms with E-state index >= 15 is 0 Å². The molecule has 1 aliphatic heterocycles. The van der Waals surface area contributed by atoms with Crippen molar-refractivity contribution < 1.29 is 9.31 Å². The lowest BCUT2D eigenvalue weighted by Crippen LogP contribution is -2.41. The maximum Gasteiger partial charge on any atom is 0.494 e. The molecule has 21 heavy (non-hydrogen) atoms. The summed E-state index contributed by atoms with van der Waals surface area (Å²) in [6.07, 6.45) is 1.77. The van der Waals surface area contributed by atoms with Crippen LogP contribution >= 0.6 is 0 Å². The molecule has 0 saturated carbocycles. The van der Waals surface area contributed by atoms with Gasteiger partial charge in [-0.1, -0.05) is 18.7 Å². The lowest BCUT2D eigenvalue weighted by atomic mass is 9.79. The Balaban J connectivity index is 2.03. The van der Waals surface area contributed by atoms with E-state index in [-0.39, 0.29) is 18.3 Å². The highest BCUT2D eigenvalue weighted by Gasteiger charge is 2.51. The largest absolute Gasteiger partial charge is 0.494 e. The molecule has 1 fully saturated rings. The number of nitrogens with zero attached hydrogens (tertiary/aromatic N) is 2. The van der Waals surface area contributed by atoms with Crippen LogP contribution in [0.5, 0.6) is 0 Å². The van der Waals surface area contributed by atoms with Gasteiger partial charge in [0, 0.05) is 12.4 Å². The first-order valence-corrected chi connectivity index (χ1v) is 7.20. The van der Waals surface area contributed by atoms with E-state index in [0.717, 1.165) is 22.1 Å². The summed E-state index contributed by atoms with van der Waals surface area (Å²) in [5.74, 6) is 0. The highest BCUT2D eigenvalue weighted by Crippen LogP contribution is 2.36. The van der Waals surface area contributed by atoms with Crippen LogP contribution < -0.4 is 5.46 Å². The topological polar surface area (TPSA) is 36.3 Å². The molecule has 110 valence electrons. The van der Waals surface area contributed by atoms with E-state index in [1.54, 1.807) is 6.08 Å². The number of aryl methyl sites for hydroxylation is 1. The van der Waals surface area contributed by atoms with Gasteiger partial charge in [0.25, 0.3) is 0 Å². The molecule has 1 saturated heterocycles. The molecule has 0 atom stereocenters. The highest BCUT2D eigenvalue weighted by atomic mass is 16.7. The Kier molecular flexibility index (Phi) is 3.04. The van der Waals surface area contributed by atoms with Gasteiger partial charge < -0.3 is 9.31 Å². The maximum atomic E-state index is 6.10. The molecule has 5 heteroatoms. The predicted molar refractivity (Wildman–Crippen MR) is 86.5 cm³/mol. The van der Waals surface area contributed by atoms with Gasteiger partial charge in [-0.15, -0.1) is 0 Å². The summed E-state index contributed by atoms with van der Waals surface area (Å²) in [5.41, 5.74) is 2.31. The average molecular weight is 284 g/mol. The summed E-state index contributed by atoms with van der Waals surface area (Å²) >= 11 is 0. The minimum atomic E-state index is -0.346. The summed E-state index contributed by atoms with van der Waals surface area (Å²) in [6.45, 7) is 12.1. The molecular formula is C16H21BN2O2. The zero-order chi connectivity index (χ0) is 15.4. The molecule has 1 aliphatic rings. The molecule has 0 unspecified atom stereocenters. The first-order valence-electron chi connectivity index (χ1n) is 7.20. The average Bonchev–Trinajstić information content (AvgIpc) is 2.84. The van der Waals surface area contributed by atoms with Gasteiger partial charge in [-0.05, 0) is 45.3 Å². The van der Waals surface area contributed by atoms with Crippen molar-refractivity contribution in [2.75, 3.05) is 0 Å². The molecule has 0 spiro atoms. The van der Waals surface area contributed by atoms with Crippen LogP contribution in [0, 0.1) is 0 Å². The van der Waals surface area contributed by atoms with E-state index in [0.29, 0.717) is 0 Å². The standard InChI is InChI=1S/C16H21BN2O2/c1-7-13-12-9-8-11(10-14(12)19(6)18-13)17-20-15(2,3)16(4,5)21-17/h7-10H,1H2,2-6H3. The van der Waals surface area contributed by atoms with Crippen molar-refractivity contribution in [3.05, 3.63) is 30.5 Å². The van der Waals surface area contributed by atoms with Crippen molar-refractivity contribution in [1.29, 1.82) is 0 Å². The van der Waals surface area contributed by atoms with Crippen LogP contribution in [0.4, 0.5) is 0 Å². The number of fused-ring (bicyclic) bond motifs is 1. The molecule has 2 heterocycles. The van der Waals surface area contributed by atoms with E-state index in [9.17, 15) is 0 Å². The van der Waals surface area contributed by atoms with Crippen LogP contribution in [-0.4, -0.2) is 28.1 Å². The molecule has 3 rings (SSSR count). The van der Waals surface area contributed by atoms with Crippen molar-refractivity contribution in [2.45, 2.75) is 38.9 Å². The third kappa shape index (κ3) is 2.12. The molecule has 1 aromatic carbocycles. The Labute approximate surface area is 125 Å². The number of hydrogen-bond donors (Lipinski definition) is 0. The van der Waals surface area contributed by atoms with Gasteiger partial charge in [0.05, 0.1) is 22.4 Å². The second-order valence-electron chi connectivity index (χ2n) is 6.58. The molecule has 0 radical (unpaired) electrons. The van der Waals surface area contributed by atoms with Crippen LogP contribution in [0.25, 0.3) is 17.0 Å². The lowest BCUT2D eigenvalue weighted by Gasteiger charge is -2.32. The van der Waals surface area contributed by atoms with Crippen LogP contribution in [-0.2, 0) is 16.4 Å². The Bertz CT molecular complexity index is 702. The Morgan fingerprint density at radius 2 is 1.81 bits per heavy atom. The van der Waals surface area contributed by atoms with Crippen molar-refractivity contribution in [2.24, 2.45) is 7.05 Å². The minimum absolute atomic E-state index is 0.328. The van der Waals surface area contributed by atoms with Crippen LogP contribution in [0.15, 0.2) is 24.8 Å². The zero-order valence-corrected chi connectivity index (χ0v) is 13.3. The Morgan fingerprint density at radius 3 is 2.38 bits per heavy atom. The molecule has 0 N–H and O–H groups in total. The number of rotatable bonds is 2. The Morgan fingerprint density at radius 1 is 1.19 bits per heavy atom. The molecule has 4 nitrogen and oxygen atoms in total.